The van der Waals surface area contributed by atoms with Crippen LogP contribution in [0.3, 0.4) is 0 Å². The quantitative estimate of drug-likeness (QED) is 0.0597. The van der Waals surface area contributed by atoms with Gasteiger partial charge in [-0.15, -0.1) is 11.6 Å². The molecule has 2 unspecified atom stereocenters. The molecule has 6 fully saturated rings. The van der Waals surface area contributed by atoms with E-state index in [4.69, 9.17) is 50.6 Å². The summed E-state index contributed by atoms with van der Waals surface area (Å²) in [6.07, 6.45) is 11.4. The summed E-state index contributed by atoms with van der Waals surface area (Å²) in [6.45, 7) is 23.2. The molecule has 0 aliphatic heterocycles. The van der Waals surface area contributed by atoms with E-state index in [1.807, 2.05) is 33.8 Å². The molecule has 0 aromatic heterocycles. The summed E-state index contributed by atoms with van der Waals surface area (Å²) >= 11 is 7.77. The third-order valence-corrected chi connectivity index (χ3v) is 22.0. The molecule has 0 aromatic rings. The first-order valence-corrected chi connectivity index (χ1v) is 32.4. The van der Waals surface area contributed by atoms with Crippen LogP contribution in [0.2, 0.25) is 0 Å². The summed E-state index contributed by atoms with van der Waals surface area (Å²) in [4.78, 5) is 141. The molecule has 0 aromatic carbocycles. The number of carbonyl (C=O) groups is 12. The Balaban J connectivity index is 0.000000318. The van der Waals surface area contributed by atoms with Crippen LogP contribution < -0.4 is 0 Å². The molecule has 0 spiro atoms. The van der Waals surface area contributed by atoms with Crippen molar-refractivity contribution in [3.8, 4) is 0 Å². The van der Waals surface area contributed by atoms with Gasteiger partial charge in [0.25, 0.3) is 0 Å². The Labute approximate surface area is 538 Å². The number of halogens is 2. The number of esters is 5. The van der Waals surface area contributed by atoms with Crippen LogP contribution in [0.4, 0.5) is 4.39 Å². The van der Waals surface area contributed by atoms with Gasteiger partial charge in [0, 0.05) is 90.8 Å². The molecule has 0 amide bonds. The number of ketones is 4. The molecule has 91 heavy (non-hydrogen) atoms. The van der Waals surface area contributed by atoms with Crippen LogP contribution >= 0.6 is 11.6 Å². The summed E-state index contributed by atoms with van der Waals surface area (Å²) in [5.41, 5.74) is -7.67. The number of ether oxygens (including phenoxy) is 5. The van der Waals surface area contributed by atoms with Gasteiger partial charge < -0.3 is 44.1 Å². The third-order valence-electron chi connectivity index (χ3n) is 21.1. The highest BCUT2D eigenvalue weighted by Gasteiger charge is 2.79. The third kappa shape index (κ3) is 14.2. The maximum atomic E-state index is 17.4. The molecule has 0 saturated heterocycles. The first-order chi connectivity index (χ1) is 42.4. The van der Waals surface area contributed by atoms with Gasteiger partial charge in [-0.1, -0.05) is 113 Å². The fourth-order valence-electron chi connectivity index (χ4n) is 16.3. The second kappa shape index (κ2) is 30.6. The fourth-order valence-corrected chi connectivity index (χ4v) is 16.9. The zero-order valence-electron chi connectivity index (χ0n) is 55.3. The van der Waals surface area contributed by atoms with E-state index in [2.05, 4.69) is 0 Å². The molecule has 16 atom stereocenters. The van der Waals surface area contributed by atoms with Gasteiger partial charge in [0.05, 0.1) is 11.0 Å². The summed E-state index contributed by atoms with van der Waals surface area (Å²) in [6, 6.07) is 0. The van der Waals surface area contributed by atoms with Gasteiger partial charge in [0.15, 0.2) is 41.7 Å². The number of alkyl halides is 2. The zero-order valence-corrected chi connectivity index (χ0v) is 56.1. The van der Waals surface area contributed by atoms with Crippen LogP contribution in [0.1, 0.15) is 200 Å². The van der Waals surface area contributed by atoms with Gasteiger partial charge in [0.1, 0.15) is 6.10 Å². The minimum absolute atomic E-state index is 0.0430. The Hall–Kier alpha value is -6.42. The summed E-state index contributed by atoms with van der Waals surface area (Å²) in [5, 5.41) is 34.7. The van der Waals surface area contributed by atoms with Crippen molar-refractivity contribution in [3.63, 3.8) is 0 Å². The first-order valence-electron chi connectivity index (χ1n) is 32.0. The van der Waals surface area contributed by atoms with Gasteiger partial charge in [-0.2, -0.15) is 0 Å². The molecule has 0 radical (unpaired) electrons. The van der Waals surface area contributed by atoms with Gasteiger partial charge in [-0.3, -0.25) is 57.5 Å². The smallest absolute Gasteiger partial charge is 0.306 e. The fraction of sp³-hybridized carbons (Fsp3) is 0.706. The number of aliphatic hydroxyl groups is 1. The molecule has 8 aliphatic carbocycles. The second-order valence-electron chi connectivity index (χ2n) is 25.9. The van der Waals surface area contributed by atoms with E-state index in [0.717, 1.165) is 5.57 Å². The molecular weight excluding hydrogens is 1210 g/mol. The molecule has 8 rings (SSSR count). The maximum absolute atomic E-state index is 17.4. The van der Waals surface area contributed by atoms with E-state index in [9.17, 15) is 62.6 Å². The highest BCUT2D eigenvalue weighted by atomic mass is 35.5. The number of rotatable bonds is 17. The molecule has 23 heteroatoms. The number of fused-ring (bicyclic) bond motifs is 10. The Kier molecular flexibility index (Phi) is 25.9. The summed E-state index contributed by atoms with van der Waals surface area (Å²) in [7, 11) is 0. The van der Waals surface area contributed by atoms with Crippen molar-refractivity contribution in [2.45, 2.75) is 234 Å². The van der Waals surface area contributed by atoms with Gasteiger partial charge >= 0.3 is 47.8 Å². The van der Waals surface area contributed by atoms with Gasteiger partial charge in [0.2, 0.25) is 11.6 Å². The van der Waals surface area contributed by atoms with Gasteiger partial charge in [-0.25, -0.2) is 4.39 Å². The zero-order chi connectivity index (χ0) is 69.2. The van der Waals surface area contributed by atoms with Crippen LogP contribution in [0.25, 0.3) is 0 Å². The average molecular weight is 1300 g/mol. The predicted octanol–water partition coefficient (Wildman–Crippen LogP) is 10.3. The number of carboxylic acids is 3. The van der Waals surface area contributed by atoms with Crippen molar-refractivity contribution in [1.29, 1.82) is 0 Å². The maximum Gasteiger partial charge on any atom is 0.306 e. The van der Waals surface area contributed by atoms with Crippen molar-refractivity contribution >= 4 is 82.5 Å². The minimum atomic E-state index is -2.05. The van der Waals surface area contributed by atoms with Crippen LogP contribution in [-0.2, 0) is 81.2 Å². The van der Waals surface area contributed by atoms with E-state index in [0.29, 0.717) is 44.1 Å². The summed E-state index contributed by atoms with van der Waals surface area (Å²) in [5.74, 6) is -8.37. The monoisotopic (exact) mass is 1300 g/mol. The number of aliphatic hydroxyl groups excluding tert-OH is 1. The number of hydrogen-bond acceptors (Lipinski definition) is 18. The molecule has 4 N–H and O–H groups in total. The lowest BCUT2D eigenvalue weighted by atomic mass is 9.44. The Morgan fingerprint density at radius 2 is 0.879 bits per heavy atom. The number of carbonyl (C=O) groups excluding carboxylic acids is 9. The molecule has 508 valence electrons. The highest BCUT2D eigenvalue weighted by molar-refractivity contribution is 6.26. The van der Waals surface area contributed by atoms with Crippen LogP contribution in [-0.4, -0.2) is 138 Å². The number of hydrogen-bond donors (Lipinski definition) is 4. The normalized spacial score (nSPS) is 35.7. The van der Waals surface area contributed by atoms with E-state index >= 15 is 4.39 Å². The number of carboxylic acid groups (broad SMARTS) is 3. The van der Waals surface area contributed by atoms with Crippen molar-refractivity contribution in [3.05, 3.63) is 47.6 Å². The molecule has 8 aliphatic rings. The standard InChI is InChI=1S/C31H41ClO8.C28H37FO7.3C3H6O2/c1-7-25(35)38-17-23(34)31(40-27(37)9-3)18(4)14-22-21-11-10-19-15-20(33)12-13-28(19,5)30(21,32)24(16-29(22,31)6)39-26(36)8-2;1-6-23(33)35-15-22(32)28(36-24(34)7-2)16(3)12-20-19-9-8-17-13-18(30)10-11-25(17,4)27(19,29)21(31)14-26(20,28)5;3*1-2-3(4)5/h12-13,15,18,21-22,24H,7-11,14,16-17H2,1-6H3;10-11,13,16,19-21,31H,6-9,12,14-15H2,1-5H3;3*2H2,1H3,(H,4,5)/t18-,21-,22-,24-,28-,29-,30?,31-;16-,19-,20-,21-,25-,26-,27?,28-;;;/m00.../s1. The predicted molar refractivity (Wildman–Crippen MR) is 329 cm³/mol. The largest absolute Gasteiger partial charge is 0.481 e. The molecular formula is C68H96ClFO21. The molecule has 0 heterocycles. The first kappa shape index (κ1) is 77.0. The van der Waals surface area contributed by atoms with Crippen molar-refractivity contribution in [2.24, 2.45) is 57.2 Å². The second-order valence-corrected chi connectivity index (χ2v) is 26.5. The number of allylic oxidation sites excluding steroid dienone is 8. The molecule has 6 saturated carbocycles. The molecule has 21 nitrogen and oxygen atoms in total. The van der Waals surface area contributed by atoms with Gasteiger partial charge in [-0.05, 0) is 100 Å². The number of Topliss-reactive ketones (excluding diaryl/α,β-unsaturated/α-hetero) is 2. The van der Waals surface area contributed by atoms with Crippen molar-refractivity contribution in [1.82, 2.24) is 0 Å². The SMILES string of the molecule is CCC(=O)O.CCC(=O)O.CCC(=O)O.CCC(=O)OCC(=O)[C@@]1(OC(=O)CC)[C@@H](C)C[C@H]2[C@@H]3CCC4=CC(=O)C=C[C@]4(C)C3(Cl)[C@@H](OC(=O)CC)C[C@@]21C.CCC(=O)OCC(=O)[C@@]1(OC(=O)CC)[C@@H](C)C[C@H]2[C@@H]3CCC4=CC(=O)C=C[C@]4(C)C3(F)[C@@H](O)C[C@@]21C. The van der Waals surface area contributed by atoms with Crippen LogP contribution in [0, 0.1) is 57.2 Å². The van der Waals surface area contributed by atoms with Crippen LogP contribution in [0.5, 0.6) is 0 Å². The Morgan fingerprint density at radius 1 is 0.527 bits per heavy atom. The minimum Gasteiger partial charge on any atom is -0.481 e. The Bertz CT molecular complexity index is 2920. The van der Waals surface area contributed by atoms with E-state index in [-0.39, 0.29) is 93.5 Å². The average Bonchev–Trinajstić information content (AvgIpc) is 1.64. The number of aliphatic carboxylic acids is 3. The van der Waals surface area contributed by atoms with E-state index in [1.54, 1.807) is 81.4 Å². The van der Waals surface area contributed by atoms with Crippen molar-refractivity contribution in [2.75, 3.05) is 13.2 Å². The van der Waals surface area contributed by atoms with E-state index in [1.165, 1.54) is 18.2 Å². The lowest BCUT2D eigenvalue weighted by molar-refractivity contribution is -0.228. The van der Waals surface area contributed by atoms with E-state index < -0.39 is 146 Å². The lowest BCUT2D eigenvalue weighted by Crippen LogP contribution is -2.70. The summed E-state index contributed by atoms with van der Waals surface area (Å²) < 4.78 is 46.1. The molecule has 0 bridgehead atoms. The highest BCUT2D eigenvalue weighted by Crippen LogP contribution is 2.74. The lowest BCUT2D eigenvalue weighted by Gasteiger charge is -2.64. The van der Waals surface area contributed by atoms with Crippen LogP contribution in [0.15, 0.2) is 47.6 Å². The topological polar surface area (TPSA) is 332 Å². The van der Waals surface area contributed by atoms with Crippen molar-refractivity contribution < 1.29 is 106 Å². The Morgan fingerprint density at radius 3 is 1.26 bits per heavy atom.